The average molecular weight is 411 g/mol. The molecule has 3 aromatic rings. The number of amides is 2. The molecule has 0 bridgehead atoms. The van der Waals surface area contributed by atoms with Crippen LogP contribution in [0.25, 0.3) is 11.1 Å². The van der Waals surface area contributed by atoms with E-state index in [1.165, 1.54) is 22.8 Å². The van der Waals surface area contributed by atoms with Gasteiger partial charge in [0.05, 0.1) is 6.54 Å². The molecule has 2 N–H and O–H groups in total. The normalized spacial score (nSPS) is 11.6. The highest BCUT2D eigenvalue weighted by Crippen LogP contribution is 2.37. The molecule has 0 fully saturated rings. The lowest BCUT2D eigenvalue weighted by Crippen LogP contribution is -2.32. The van der Waals surface area contributed by atoms with Crippen LogP contribution < -0.4 is 10.6 Å². The summed E-state index contributed by atoms with van der Waals surface area (Å²) in [7, 11) is 0. The summed E-state index contributed by atoms with van der Waals surface area (Å²) in [6.07, 6.45) is 0.911. The predicted molar refractivity (Wildman–Crippen MR) is 102 cm³/mol. The molecule has 0 spiro atoms. The Hall–Kier alpha value is -2.86. The summed E-state index contributed by atoms with van der Waals surface area (Å²) in [6, 6.07) is 17.3. The maximum absolute atomic E-state index is 12.1. The van der Waals surface area contributed by atoms with Gasteiger partial charge in [-0.2, -0.15) is 0 Å². The van der Waals surface area contributed by atoms with E-state index in [2.05, 4.69) is 38.7 Å². The van der Waals surface area contributed by atoms with Crippen LogP contribution in [-0.4, -0.2) is 18.4 Å². The van der Waals surface area contributed by atoms with Gasteiger partial charge in [0.2, 0.25) is 5.91 Å². The summed E-state index contributed by atoms with van der Waals surface area (Å²) >= 11 is 3.13. The van der Waals surface area contributed by atoms with Gasteiger partial charge in [0.25, 0.3) is 5.91 Å². The number of nitrogens with one attached hydrogen (secondary N) is 2. The SMILES string of the molecule is O=C(CNC(=O)c1ccc(Br)o1)Nc1ccc2c(c1)-c1ccccc1C2. The average Bonchev–Trinajstić information content (AvgIpc) is 3.23. The van der Waals surface area contributed by atoms with Crippen molar-refractivity contribution in [3.8, 4) is 11.1 Å². The third kappa shape index (κ3) is 3.28. The van der Waals surface area contributed by atoms with Crippen molar-refractivity contribution in [2.24, 2.45) is 0 Å². The second-order valence-corrected chi connectivity index (χ2v) is 6.82. The van der Waals surface area contributed by atoms with Crippen molar-refractivity contribution in [1.29, 1.82) is 0 Å². The zero-order chi connectivity index (χ0) is 18.1. The molecule has 1 aliphatic rings. The van der Waals surface area contributed by atoms with Gasteiger partial charge in [0.1, 0.15) is 0 Å². The zero-order valence-electron chi connectivity index (χ0n) is 13.7. The minimum atomic E-state index is -0.436. The first-order valence-corrected chi connectivity index (χ1v) is 8.94. The molecule has 1 heterocycles. The lowest BCUT2D eigenvalue weighted by Gasteiger charge is -2.08. The highest BCUT2D eigenvalue weighted by Gasteiger charge is 2.18. The van der Waals surface area contributed by atoms with E-state index < -0.39 is 5.91 Å². The fourth-order valence-electron chi connectivity index (χ4n) is 3.09. The summed E-state index contributed by atoms with van der Waals surface area (Å²) < 4.78 is 5.62. The molecule has 6 heteroatoms. The fraction of sp³-hybridized carbons (Fsp3) is 0.100. The van der Waals surface area contributed by atoms with Crippen LogP contribution in [0.2, 0.25) is 0 Å². The van der Waals surface area contributed by atoms with Crippen LogP contribution in [0.3, 0.4) is 0 Å². The second kappa shape index (κ2) is 6.80. The van der Waals surface area contributed by atoms with E-state index in [4.69, 9.17) is 4.42 Å². The first-order valence-electron chi connectivity index (χ1n) is 8.15. The maximum atomic E-state index is 12.1. The van der Waals surface area contributed by atoms with E-state index in [1.807, 2.05) is 30.3 Å². The monoisotopic (exact) mass is 410 g/mol. The van der Waals surface area contributed by atoms with Gasteiger partial charge >= 0.3 is 0 Å². The van der Waals surface area contributed by atoms with Crippen molar-refractivity contribution in [3.05, 3.63) is 76.2 Å². The van der Waals surface area contributed by atoms with Crippen molar-refractivity contribution in [1.82, 2.24) is 5.32 Å². The van der Waals surface area contributed by atoms with Crippen LogP contribution in [0.1, 0.15) is 21.7 Å². The number of furan rings is 1. The van der Waals surface area contributed by atoms with Crippen molar-refractivity contribution >= 4 is 33.4 Å². The van der Waals surface area contributed by atoms with E-state index in [0.29, 0.717) is 10.4 Å². The lowest BCUT2D eigenvalue weighted by atomic mass is 10.1. The summed E-state index contributed by atoms with van der Waals surface area (Å²) in [5.74, 6) is -0.581. The molecule has 1 aliphatic carbocycles. The van der Waals surface area contributed by atoms with E-state index in [9.17, 15) is 9.59 Å². The zero-order valence-corrected chi connectivity index (χ0v) is 15.3. The molecule has 0 atom stereocenters. The van der Waals surface area contributed by atoms with Gasteiger partial charge in [-0.05, 0) is 68.9 Å². The van der Waals surface area contributed by atoms with Gasteiger partial charge in [0.15, 0.2) is 10.4 Å². The standard InChI is InChI=1S/C20H15BrN2O3/c21-18-8-7-17(26-18)20(25)22-11-19(24)23-14-6-5-13-9-12-3-1-2-4-15(12)16(13)10-14/h1-8,10H,9,11H2,(H,22,25)(H,23,24). The van der Waals surface area contributed by atoms with E-state index >= 15 is 0 Å². The van der Waals surface area contributed by atoms with Gasteiger partial charge in [-0.1, -0.05) is 30.3 Å². The molecule has 0 aliphatic heterocycles. The Bertz CT molecular complexity index is 1010. The third-order valence-corrected chi connectivity index (χ3v) is 4.71. The first-order chi connectivity index (χ1) is 12.6. The molecular formula is C20H15BrN2O3. The van der Waals surface area contributed by atoms with Gasteiger partial charge in [-0.3, -0.25) is 9.59 Å². The molecule has 0 unspecified atom stereocenters. The van der Waals surface area contributed by atoms with Gasteiger partial charge < -0.3 is 15.1 Å². The molecule has 5 nitrogen and oxygen atoms in total. The fourth-order valence-corrected chi connectivity index (χ4v) is 3.40. The van der Waals surface area contributed by atoms with E-state index in [-0.39, 0.29) is 18.2 Å². The molecule has 130 valence electrons. The van der Waals surface area contributed by atoms with Crippen LogP contribution in [0.4, 0.5) is 5.69 Å². The van der Waals surface area contributed by atoms with E-state index in [0.717, 1.165) is 12.0 Å². The maximum Gasteiger partial charge on any atom is 0.287 e. The van der Waals surface area contributed by atoms with Gasteiger partial charge in [-0.15, -0.1) is 0 Å². The Balaban J connectivity index is 1.41. The Morgan fingerprint density at radius 1 is 1.00 bits per heavy atom. The third-order valence-electron chi connectivity index (χ3n) is 4.29. The Morgan fingerprint density at radius 2 is 1.81 bits per heavy atom. The van der Waals surface area contributed by atoms with Crippen molar-refractivity contribution in [2.75, 3.05) is 11.9 Å². The Labute approximate surface area is 158 Å². The van der Waals surface area contributed by atoms with Crippen LogP contribution in [0.5, 0.6) is 0 Å². The highest BCUT2D eigenvalue weighted by atomic mass is 79.9. The van der Waals surface area contributed by atoms with Gasteiger partial charge in [-0.25, -0.2) is 0 Å². The summed E-state index contributed by atoms with van der Waals surface area (Å²) in [5.41, 5.74) is 5.60. The molecule has 4 rings (SSSR count). The summed E-state index contributed by atoms with van der Waals surface area (Å²) in [6.45, 7) is -0.134. The molecule has 0 saturated carbocycles. The van der Waals surface area contributed by atoms with E-state index in [1.54, 1.807) is 6.07 Å². The number of carbonyl (C=O) groups is 2. The molecular weight excluding hydrogens is 396 g/mol. The topological polar surface area (TPSA) is 71.3 Å². The van der Waals surface area contributed by atoms with Crippen molar-refractivity contribution in [3.63, 3.8) is 0 Å². The highest BCUT2D eigenvalue weighted by molar-refractivity contribution is 9.10. The molecule has 0 radical (unpaired) electrons. The van der Waals surface area contributed by atoms with Crippen LogP contribution in [0.15, 0.2) is 63.7 Å². The number of rotatable bonds is 4. The quantitative estimate of drug-likeness (QED) is 0.534. The summed E-state index contributed by atoms with van der Waals surface area (Å²) in [4.78, 5) is 24.0. The molecule has 0 saturated heterocycles. The number of benzene rings is 2. The molecule has 2 amide bonds. The first kappa shape index (κ1) is 16.6. The molecule has 1 aromatic heterocycles. The Kier molecular flexibility index (Phi) is 4.34. The minimum Gasteiger partial charge on any atom is -0.444 e. The number of hydrogen-bond acceptors (Lipinski definition) is 3. The predicted octanol–water partition coefficient (Wildman–Crippen LogP) is 3.98. The largest absolute Gasteiger partial charge is 0.444 e. The number of hydrogen-bond donors (Lipinski definition) is 2. The van der Waals surface area contributed by atoms with Crippen molar-refractivity contribution in [2.45, 2.75) is 6.42 Å². The van der Waals surface area contributed by atoms with Gasteiger partial charge in [0, 0.05) is 5.69 Å². The minimum absolute atomic E-state index is 0.134. The number of fused-ring (bicyclic) bond motifs is 3. The lowest BCUT2D eigenvalue weighted by molar-refractivity contribution is -0.115. The van der Waals surface area contributed by atoms with Crippen molar-refractivity contribution < 1.29 is 14.0 Å². The Morgan fingerprint density at radius 3 is 2.62 bits per heavy atom. The number of anilines is 1. The molecule has 26 heavy (non-hydrogen) atoms. The number of halogens is 1. The molecule has 2 aromatic carbocycles. The number of carbonyl (C=O) groups excluding carboxylic acids is 2. The smallest absolute Gasteiger partial charge is 0.287 e. The van der Waals surface area contributed by atoms with Crippen LogP contribution >= 0.6 is 15.9 Å². The summed E-state index contributed by atoms with van der Waals surface area (Å²) in [5, 5.41) is 5.36. The second-order valence-electron chi connectivity index (χ2n) is 6.04. The van der Waals surface area contributed by atoms with Crippen LogP contribution in [-0.2, 0) is 11.2 Å². The van der Waals surface area contributed by atoms with Crippen LogP contribution in [0, 0.1) is 0 Å².